The summed E-state index contributed by atoms with van der Waals surface area (Å²) in [5.41, 5.74) is 2.13. The van der Waals surface area contributed by atoms with Gasteiger partial charge in [0.25, 0.3) is 0 Å². The van der Waals surface area contributed by atoms with Crippen LogP contribution in [0.4, 0.5) is 0 Å². The molecule has 1 aromatic carbocycles. The lowest BCUT2D eigenvalue weighted by molar-refractivity contribution is 0.258. The Morgan fingerprint density at radius 2 is 2.12 bits per heavy atom. The Morgan fingerprint density at radius 1 is 1.38 bits per heavy atom. The normalized spacial score (nSPS) is 12.7. The number of aromatic nitrogens is 1. The fraction of sp³-hybridized carbons (Fsp3) is 0.308. The van der Waals surface area contributed by atoms with Gasteiger partial charge in [0.1, 0.15) is 5.76 Å². The number of aliphatic hydroxyl groups excluding tert-OH is 1. The Balaban J connectivity index is 2.35. The first-order chi connectivity index (χ1) is 7.72. The Kier molecular flexibility index (Phi) is 3.06. The number of aryl methyl sites for hydroxylation is 1. The molecule has 0 saturated heterocycles. The fourth-order valence-electron chi connectivity index (χ4n) is 1.54. The van der Waals surface area contributed by atoms with Crippen LogP contribution in [0.1, 0.15) is 24.2 Å². The fourth-order valence-corrected chi connectivity index (χ4v) is 1.54. The molecule has 0 aliphatic heterocycles. The van der Waals surface area contributed by atoms with E-state index < -0.39 is 0 Å². The maximum absolute atomic E-state index is 9.03. The summed E-state index contributed by atoms with van der Waals surface area (Å²) in [6, 6.07) is 7.95. The van der Waals surface area contributed by atoms with Crippen LogP contribution in [0.2, 0.25) is 0 Å². The molecule has 3 heteroatoms. The molecule has 2 aromatic rings. The van der Waals surface area contributed by atoms with Crippen LogP contribution < -0.4 is 0 Å². The van der Waals surface area contributed by atoms with E-state index in [1.807, 2.05) is 38.1 Å². The molecule has 1 atom stereocenters. The Bertz CT molecular complexity index is 476. The van der Waals surface area contributed by atoms with Crippen LogP contribution in [0, 0.1) is 6.92 Å². The van der Waals surface area contributed by atoms with E-state index in [0.717, 1.165) is 16.9 Å². The number of hydrogen-bond acceptors (Lipinski definition) is 3. The van der Waals surface area contributed by atoms with Crippen LogP contribution in [0.25, 0.3) is 11.5 Å². The number of hydrogen-bond donors (Lipinski definition) is 1. The van der Waals surface area contributed by atoms with Crippen molar-refractivity contribution in [2.75, 3.05) is 6.61 Å². The summed E-state index contributed by atoms with van der Waals surface area (Å²) < 4.78 is 5.63. The van der Waals surface area contributed by atoms with Crippen LogP contribution in [0.3, 0.4) is 0 Å². The second kappa shape index (κ2) is 4.49. The zero-order chi connectivity index (χ0) is 11.5. The maximum Gasteiger partial charge on any atom is 0.226 e. The average molecular weight is 217 g/mol. The summed E-state index contributed by atoms with van der Waals surface area (Å²) in [6.45, 7) is 4.00. The molecule has 0 fully saturated rings. The lowest BCUT2D eigenvalue weighted by Gasteiger charge is -2.02. The van der Waals surface area contributed by atoms with Gasteiger partial charge in [-0.15, -0.1) is 0 Å². The van der Waals surface area contributed by atoms with Gasteiger partial charge >= 0.3 is 0 Å². The van der Waals surface area contributed by atoms with Gasteiger partial charge in [-0.3, -0.25) is 0 Å². The molecule has 0 amide bonds. The van der Waals surface area contributed by atoms with Crippen molar-refractivity contribution in [1.82, 2.24) is 4.98 Å². The molecule has 1 N–H and O–H groups in total. The second-order valence-electron chi connectivity index (χ2n) is 3.97. The summed E-state index contributed by atoms with van der Waals surface area (Å²) in [7, 11) is 0. The van der Waals surface area contributed by atoms with E-state index in [-0.39, 0.29) is 12.5 Å². The summed E-state index contributed by atoms with van der Waals surface area (Å²) in [5.74, 6) is 1.33. The molecule has 0 bridgehead atoms. The van der Waals surface area contributed by atoms with Crippen molar-refractivity contribution in [3.8, 4) is 11.5 Å². The van der Waals surface area contributed by atoms with Crippen molar-refractivity contribution in [2.45, 2.75) is 19.8 Å². The van der Waals surface area contributed by atoms with Crippen LogP contribution in [-0.4, -0.2) is 16.7 Å². The van der Waals surface area contributed by atoms with Crippen molar-refractivity contribution in [2.24, 2.45) is 0 Å². The monoisotopic (exact) mass is 217 g/mol. The molecule has 84 valence electrons. The predicted octanol–water partition coefficient (Wildman–Crippen LogP) is 2.75. The molecule has 0 spiro atoms. The van der Waals surface area contributed by atoms with Crippen LogP contribution in [-0.2, 0) is 0 Å². The highest BCUT2D eigenvalue weighted by Gasteiger charge is 2.12. The van der Waals surface area contributed by atoms with E-state index in [4.69, 9.17) is 9.52 Å². The minimum absolute atomic E-state index is 0.00901. The molecule has 0 aliphatic rings. The summed E-state index contributed by atoms with van der Waals surface area (Å²) in [6.07, 6.45) is 1.68. The zero-order valence-corrected chi connectivity index (χ0v) is 9.47. The number of benzene rings is 1. The average Bonchev–Trinajstić information content (AvgIpc) is 2.78. The van der Waals surface area contributed by atoms with Crippen molar-refractivity contribution in [1.29, 1.82) is 0 Å². The molecule has 16 heavy (non-hydrogen) atoms. The lowest BCUT2D eigenvalue weighted by atomic mass is 10.1. The van der Waals surface area contributed by atoms with Gasteiger partial charge in [-0.05, 0) is 18.6 Å². The van der Waals surface area contributed by atoms with Gasteiger partial charge in [0, 0.05) is 11.5 Å². The third-order valence-electron chi connectivity index (χ3n) is 2.66. The first-order valence-corrected chi connectivity index (χ1v) is 5.35. The molecule has 0 radical (unpaired) electrons. The van der Waals surface area contributed by atoms with Gasteiger partial charge < -0.3 is 9.52 Å². The van der Waals surface area contributed by atoms with E-state index in [0.29, 0.717) is 5.89 Å². The Hall–Kier alpha value is -1.61. The van der Waals surface area contributed by atoms with Crippen molar-refractivity contribution in [3.63, 3.8) is 0 Å². The van der Waals surface area contributed by atoms with Crippen molar-refractivity contribution in [3.05, 3.63) is 41.8 Å². The van der Waals surface area contributed by atoms with Gasteiger partial charge in [0.05, 0.1) is 12.8 Å². The molecule has 1 aromatic heterocycles. The highest BCUT2D eigenvalue weighted by Crippen LogP contribution is 2.25. The van der Waals surface area contributed by atoms with Gasteiger partial charge in [-0.1, -0.05) is 25.1 Å². The summed E-state index contributed by atoms with van der Waals surface area (Å²) in [4.78, 5) is 4.24. The minimum Gasteiger partial charge on any atom is -0.441 e. The van der Waals surface area contributed by atoms with E-state index in [1.165, 1.54) is 0 Å². The van der Waals surface area contributed by atoms with E-state index in [9.17, 15) is 0 Å². The molecule has 1 unspecified atom stereocenters. The standard InChI is InChI=1S/C13H15NO2/c1-9-5-3-4-6-11(9)13-14-7-12(16-13)10(2)8-15/h3-7,10,15H,8H2,1-2H3. The Morgan fingerprint density at radius 3 is 2.81 bits per heavy atom. The topological polar surface area (TPSA) is 46.3 Å². The third kappa shape index (κ3) is 1.99. The van der Waals surface area contributed by atoms with E-state index in [2.05, 4.69) is 4.98 Å². The van der Waals surface area contributed by atoms with Crippen molar-refractivity contribution >= 4 is 0 Å². The number of oxazole rings is 1. The lowest BCUT2D eigenvalue weighted by Crippen LogP contribution is -1.96. The molecule has 3 nitrogen and oxygen atoms in total. The van der Waals surface area contributed by atoms with Crippen LogP contribution in [0.5, 0.6) is 0 Å². The number of aliphatic hydroxyl groups is 1. The SMILES string of the molecule is Cc1ccccc1-c1ncc(C(C)CO)o1. The number of rotatable bonds is 3. The number of nitrogens with zero attached hydrogens (tertiary/aromatic N) is 1. The largest absolute Gasteiger partial charge is 0.441 e. The molecule has 1 heterocycles. The minimum atomic E-state index is -0.00901. The summed E-state index contributed by atoms with van der Waals surface area (Å²) in [5, 5.41) is 9.03. The highest BCUT2D eigenvalue weighted by molar-refractivity contribution is 5.58. The molecule has 0 aliphatic carbocycles. The maximum atomic E-state index is 9.03. The quantitative estimate of drug-likeness (QED) is 0.859. The van der Waals surface area contributed by atoms with Gasteiger partial charge in [0.15, 0.2) is 0 Å². The Labute approximate surface area is 94.8 Å². The van der Waals surface area contributed by atoms with Crippen LogP contribution >= 0.6 is 0 Å². The van der Waals surface area contributed by atoms with Crippen LogP contribution in [0.15, 0.2) is 34.9 Å². The third-order valence-corrected chi connectivity index (χ3v) is 2.66. The first-order valence-electron chi connectivity index (χ1n) is 5.35. The molecule has 0 saturated carbocycles. The molecular formula is C13H15NO2. The zero-order valence-electron chi connectivity index (χ0n) is 9.47. The van der Waals surface area contributed by atoms with Gasteiger partial charge in [-0.2, -0.15) is 0 Å². The van der Waals surface area contributed by atoms with Crippen molar-refractivity contribution < 1.29 is 9.52 Å². The first kappa shape index (κ1) is 10.9. The highest BCUT2D eigenvalue weighted by atomic mass is 16.4. The predicted molar refractivity (Wildman–Crippen MR) is 62.2 cm³/mol. The molecular weight excluding hydrogens is 202 g/mol. The molecule has 2 rings (SSSR count). The summed E-state index contributed by atoms with van der Waals surface area (Å²) >= 11 is 0. The van der Waals surface area contributed by atoms with Gasteiger partial charge in [0.2, 0.25) is 5.89 Å². The van der Waals surface area contributed by atoms with E-state index >= 15 is 0 Å². The smallest absolute Gasteiger partial charge is 0.226 e. The second-order valence-corrected chi connectivity index (χ2v) is 3.97. The van der Waals surface area contributed by atoms with E-state index in [1.54, 1.807) is 6.20 Å². The van der Waals surface area contributed by atoms with Gasteiger partial charge in [-0.25, -0.2) is 4.98 Å².